The second kappa shape index (κ2) is 9.33. The van der Waals surface area contributed by atoms with E-state index < -0.39 is 24.5 Å². The molecule has 10 nitrogen and oxygen atoms in total. The van der Waals surface area contributed by atoms with E-state index in [4.69, 9.17) is 4.74 Å². The number of carbonyl (C=O) groups excluding carboxylic acids is 2. The van der Waals surface area contributed by atoms with Crippen LogP contribution in [0, 0.1) is 17.2 Å². The van der Waals surface area contributed by atoms with Crippen molar-refractivity contribution in [3.8, 4) is 23.1 Å². The third-order valence-electron chi connectivity index (χ3n) is 6.08. The number of halogens is 2. The number of alkyl halides is 2. The predicted octanol–water partition coefficient (Wildman–Crippen LogP) is 3.02. The Bertz CT molecular complexity index is 1340. The molecular formula is C24H21F2N7O3. The quantitative estimate of drug-likeness (QED) is 0.539. The number of H-pyrrole nitrogens is 1. The third kappa shape index (κ3) is 4.86. The molecular weight excluding hydrogens is 472 g/mol. The zero-order valence-corrected chi connectivity index (χ0v) is 18.9. The number of aromatic nitrogens is 4. The van der Waals surface area contributed by atoms with E-state index in [-0.39, 0.29) is 41.9 Å². The summed E-state index contributed by atoms with van der Waals surface area (Å²) in [4.78, 5) is 33.4. The number of amides is 2. The molecule has 12 heteroatoms. The first-order valence-electron chi connectivity index (χ1n) is 11.3. The van der Waals surface area contributed by atoms with E-state index in [2.05, 4.69) is 25.5 Å². The number of pyridine rings is 1. The molecule has 2 aromatic heterocycles. The van der Waals surface area contributed by atoms with Gasteiger partial charge in [0.25, 0.3) is 5.91 Å². The standard InChI is InChI=1S/C24H21F2N7O3/c25-24(26)12-33(23(35)21-29-13-30-32-21)8-6-20(24)36-19-4-3-15(9-16(19)11-27)18-10-17(5-7-28-18)31-22(34)14-1-2-14/h3-5,7,9-10,13-14,20H,1-2,6,8,12H2,(H,28,31,34)(H,29,30,32)/t20-/m0/s1. The minimum atomic E-state index is -3.35. The number of anilines is 1. The van der Waals surface area contributed by atoms with Crippen LogP contribution in [-0.4, -0.2) is 62.0 Å². The first-order valence-corrected chi connectivity index (χ1v) is 11.3. The zero-order chi connectivity index (χ0) is 25.3. The number of likely N-dealkylation sites (tertiary alicyclic amines) is 1. The molecule has 3 heterocycles. The number of ether oxygens (including phenoxy) is 1. The highest BCUT2D eigenvalue weighted by Gasteiger charge is 2.48. The summed E-state index contributed by atoms with van der Waals surface area (Å²) in [6.07, 6.45) is 2.78. The number of nitrogens with zero attached hydrogens (tertiary/aromatic N) is 5. The minimum absolute atomic E-state index is 0.0131. The molecule has 36 heavy (non-hydrogen) atoms. The molecule has 0 radical (unpaired) electrons. The van der Waals surface area contributed by atoms with Crippen LogP contribution >= 0.6 is 0 Å². The van der Waals surface area contributed by atoms with Gasteiger partial charge >= 0.3 is 5.92 Å². The van der Waals surface area contributed by atoms with E-state index >= 15 is 0 Å². The van der Waals surface area contributed by atoms with Crippen LogP contribution in [-0.2, 0) is 4.79 Å². The number of aromatic amines is 1. The van der Waals surface area contributed by atoms with E-state index in [1.807, 2.05) is 6.07 Å². The summed E-state index contributed by atoms with van der Waals surface area (Å²) in [5.41, 5.74) is 1.73. The summed E-state index contributed by atoms with van der Waals surface area (Å²) < 4.78 is 35.4. The largest absolute Gasteiger partial charge is 0.483 e. The van der Waals surface area contributed by atoms with Gasteiger partial charge in [-0.3, -0.25) is 19.7 Å². The molecule has 184 valence electrons. The van der Waals surface area contributed by atoms with Crippen molar-refractivity contribution in [2.45, 2.75) is 31.3 Å². The lowest BCUT2D eigenvalue weighted by Gasteiger charge is -2.37. The molecule has 0 unspecified atom stereocenters. The Kier molecular flexibility index (Phi) is 6.05. The van der Waals surface area contributed by atoms with Gasteiger partial charge in [0.15, 0.2) is 6.10 Å². The lowest BCUT2D eigenvalue weighted by molar-refractivity contribution is -0.132. The second-order valence-corrected chi connectivity index (χ2v) is 8.73. The summed E-state index contributed by atoms with van der Waals surface area (Å²) in [5, 5.41) is 18.4. The van der Waals surface area contributed by atoms with Gasteiger partial charge in [-0.25, -0.2) is 13.8 Å². The molecule has 2 aliphatic rings. The zero-order valence-electron chi connectivity index (χ0n) is 18.9. The molecule has 1 aromatic carbocycles. The highest BCUT2D eigenvalue weighted by molar-refractivity contribution is 5.94. The number of carbonyl (C=O) groups is 2. The molecule has 2 amide bonds. The monoisotopic (exact) mass is 493 g/mol. The van der Waals surface area contributed by atoms with Crippen molar-refractivity contribution in [2.24, 2.45) is 5.92 Å². The number of nitrogens with one attached hydrogen (secondary N) is 2. The first-order chi connectivity index (χ1) is 17.3. The Hall–Kier alpha value is -4.40. The fraction of sp³-hybridized carbons (Fsp3) is 0.333. The summed E-state index contributed by atoms with van der Waals surface area (Å²) in [5.74, 6) is -4.11. The molecule has 0 spiro atoms. The average molecular weight is 493 g/mol. The molecule has 1 saturated carbocycles. The normalized spacial score (nSPS) is 18.8. The molecule has 1 saturated heterocycles. The average Bonchev–Trinajstić information content (AvgIpc) is 3.59. The van der Waals surface area contributed by atoms with Crippen molar-refractivity contribution in [1.29, 1.82) is 5.26 Å². The van der Waals surface area contributed by atoms with E-state index in [9.17, 15) is 23.6 Å². The van der Waals surface area contributed by atoms with Gasteiger partial charge in [0.1, 0.15) is 18.1 Å². The van der Waals surface area contributed by atoms with Crippen molar-refractivity contribution in [2.75, 3.05) is 18.4 Å². The van der Waals surface area contributed by atoms with Crippen LogP contribution in [0.25, 0.3) is 11.3 Å². The maximum absolute atomic E-state index is 14.9. The van der Waals surface area contributed by atoms with Gasteiger partial charge in [-0.2, -0.15) is 10.4 Å². The first kappa shape index (κ1) is 23.3. The van der Waals surface area contributed by atoms with E-state index in [1.165, 1.54) is 12.1 Å². The SMILES string of the molecule is N#Cc1cc(-c2cc(NC(=O)C3CC3)ccn2)ccc1O[C@H]1CCN(C(=O)c2ncn[nH]2)CC1(F)F. The Morgan fingerprint density at radius 2 is 2.03 bits per heavy atom. The van der Waals surface area contributed by atoms with Crippen LogP contribution in [0.1, 0.15) is 35.4 Å². The molecule has 1 aliphatic heterocycles. The van der Waals surface area contributed by atoms with Gasteiger partial charge in [-0.05, 0) is 43.2 Å². The fourth-order valence-electron chi connectivity index (χ4n) is 3.99. The maximum atomic E-state index is 14.9. The van der Waals surface area contributed by atoms with Crippen LogP contribution in [0.4, 0.5) is 14.5 Å². The number of rotatable bonds is 6. The third-order valence-corrected chi connectivity index (χ3v) is 6.08. The highest BCUT2D eigenvalue weighted by Crippen LogP contribution is 2.34. The van der Waals surface area contributed by atoms with Crippen LogP contribution in [0.2, 0.25) is 0 Å². The molecule has 5 rings (SSSR count). The Labute approximate surface area is 204 Å². The van der Waals surface area contributed by atoms with Crippen LogP contribution in [0.5, 0.6) is 5.75 Å². The second-order valence-electron chi connectivity index (χ2n) is 8.73. The van der Waals surface area contributed by atoms with Crippen LogP contribution < -0.4 is 10.1 Å². The number of hydrogen-bond donors (Lipinski definition) is 2. The summed E-state index contributed by atoms with van der Waals surface area (Å²) in [7, 11) is 0. The number of hydrogen-bond acceptors (Lipinski definition) is 7. The molecule has 1 atom stereocenters. The summed E-state index contributed by atoms with van der Waals surface area (Å²) in [6.45, 7) is -0.816. The van der Waals surface area contributed by atoms with Crippen molar-refractivity contribution >= 4 is 17.5 Å². The number of benzene rings is 1. The number of nitriles is 1. The van der Waals surface area contributed by atoms with E-state index in [1.54, 1.807) is 24.4 Å². The topological polar surface area (TPSA) is 137 Å². The lowest BCUT2D eigenvalue weighted by Crippen LogP contribution is -2.55. The Balaban J connectivity index is 1.30. The molecule has 1 aliphatic carbocycles. The minimum Gasteiger partial charge on any atom is -0.483 e. The number of piperidine rings is 1. The summed E-state index contributed by atoms with van der Waals surface area (Å²) in [6, 6.07) is 9.92. The Morgan fingerprint density at radius 1 is 1.19 bits per heavy atom. The molecule has 2 fully saturated rings. The molecule has 2 N–H and O–H groups in total. The van der Waals surface area contributed by atoms with Gasteiger partial charge in [-0.15, -0.1) is 0 Å². The lowest BCUT2D eigenvalue weighted by atomic mass is 10.0. The highest BCUT2D eigenvalue weighted by atomic mass is 19.3. The predicted molar refractivity (Wildman–Crippen MR) is 122 cm³/mol. The van der Waals surface area contributed by atoms with Crippen molar-refractivity contribution in [1.82, 2.24) is 25.1 Å². The van der Waals surface area contributed by atoms with Gasteiger partial charge in [0.2, 0.25) is 11.7 Å². The van der Waals surface area contributed by atoms with E-state index in [0.717, 1.165) is 24.1 Å². The molecule has 0 bridgehead atoms. The molecule has 3 aromatic rings. The van der Waals surface area contributed by atoms with Gasteiger partial charge in [0, 0.05) is 36.3 Å². The van der Waals surface area contributed by atoms with Gasteiger partial charge < -0.3 is 15.0 Å². The smallest absolute Gasteiger partial charge is 0.301 e. The van der Waals surface area contributed by atoms with Crippen molar-refractivity contribution < 1.29 is 23.1 Å². The maximum Gasteiger partial charge on any atom is 0.301 e. The van der Waals surface area contributed by atoms with Crippen LogP contribution in [0.3, 0.4) is 0 Å². The van der Waals surface area contributed by atoms with Gasteiger partial charge in [-0.1, -0.05) is 0 Å². The van der Waals surface area contributed by atoms with Crippen LogP contribution in [0.15, 0.2) is 42.9 Å². The van der Waals surface area contributed by atoms with E-state index in [0.29, 0.717) is 16.9 Å². The fourth-order valence-corrected chi connectivity index (χ4v) is 3.99. The van der Waals surface area contributed by atoms with Crippen molar-refractivity contribution in [3.05, 3.63) is 54.2 Å². The summed E-state index contributed by atoms with van der Waals surface area (Å²) >= 11 is 0. The van der Waals surface area contributed by atoms with Gasteiger partial charge in [0.05, 0.1) is 17.8 Å². The van der Waals surface area contributed by atoms with Crippen molar-refractivity contribution in [3.63, 3.8) is 0 Å². The Morgan fingerprint density at radius 3 is 2.72 bits per heavy atom.